The number of benzene rings is 2. The Morgan fingerprint density at radius 1 is 1.11 bits per heavy atom. The molecule has 1 N–H and O–H groups in total. The van der Waals surface area contributed by atoms with Crippen molar-refractivity contribution in [1.29, 1.82) is 5.26 Å². The molecular weight excluding hydrogens is 621 g/mol. The van der Waals surface area contributed by atoms with Crippen LogP contribution in [0.15, 0.2) is 67.5 Å². The van der Waals surface area contributed by atoms with Crippen LogP contribution in [-0.4, -0.2) is 50.5 Å². The van der Waals surface area contributed by atoms with E-state index in [4.69, 9.17) is 0 Å². The standard InChI is InChI=1S/C36H35F3N6OS/c1-3-29(46)16-25-6-4-24(5-7-25)10-15-45-28(20-40)17-31-23(2)26(8-9-33(31)45)21-44-13-11-27(12-14-44)43-34-32-18-30(19-36(37,38)39)47-35(32)42-22-41-34/h3-9,17-18,22,27H,1,10-16,19,21H2,2H3,(H,41,42,43). The third-order valence-electron chi connectivity index (χ3n) is 8.91. The highest BCUT2D eigenvalue weighted by Gasteiger charge is 2.29. The number of piperidine rings is 1. The van der Waals surface area contributed by atoms with E-state index < -0.39 is 12.6 Å². The summed E-state index contributed by atoms with van der Waals surface area (Å²) in [6.45, 7) is 8.87. The molecule has 0 atom stereocenters. The van der Waals surface area contributed by atoms with Crippen LogP contribution in [0.4, 0.5) is 19.0 Å². The van der Waals surface area contributed by atoms with Gasteiger partial charge in [-0.3, -0.25) is 9.69 Å². The molecule has 7 nitrogen and oxygen atoms in total. The first-order valence-corrected chi connectivity index (χ1v) is 16.5. The Bertz CT molecular complexity index is 1960. The van der Waals surface area contributed by atoms with Crippen LogP contribution in [-0.2, 0) is 37.1 Å². The smallest absolute Gasteiger partial charge is 0.367 e. The molecule has 2 aromatic carbocycles. The van der Waals surface area contributed by atoms with Gasteiger partial charge in [-0.1, -0.05) is 36.9 Å². The first-order valence-electron chi connectivity index (χ1n) is 15.6. The van der Waals surface area contributed by atoms with Gasteiger partial charge in [0.05, 0.1) is 11.8 Å². The number of alkyl halides is 3. The number of aryl methyl sites for hydroxylation is 3. The Balaban J connectivity index is 1.08. The average Bonchev–Trinajstić information content (AvgIpc) is 3.63. The molecule has 3 aromatic heterocycles. The van der Waals surface area contributed by atoms with Crippen LogP contribution in [0.25, 0.3) is 21.1 Å². The molecule has 0 radical (unpaired) electrons. The number of fused-ring (bicyclic) bond motifs is 2. The number of hydrogen-bond acceptors (Lipinski definition) is 7. The highest BCUT2D eigenvalue weighted by molar-refractivity contribution is 7.18. The maximum absolute atomic E-state index is 12.9. The molecule has 1 aliphatic rings. The molecule has 6 rings (SSSR count). The molecule has 1 aliphatic heterocycles. The molecule has 47 heavy (non-hydrogen) atoms. The monoisotopic (exact) mass is 656 g/mol. The molecule has 11 heteroatoms. The van der Waals surface area contributed by atoms with E-state index in [2.05, 4.69) is 56.5 Å². The zero-order valence-corrected chi connectivity index (χ0v) is 26.9. The number of aromatic nitrogens is 3. The number of allylic oxidation sites excluding steroid dienone is 1. The van der Waals surface area contributed by atoms with Crippen molar-refractivity contribution in [3.63, 3.8) is 0 Å². The van der Waals surface area contributed by atoms with Crippen molar-refractivity contribution < 1.29 is 18.0 Å². The number of ketones is 1. The number of thiophene rings is 1. The van der Waals surface area contributed by atoms with Gasteiger partial charge in [0.2, 0.25) is 0 Å². The summed E-state index contributed by atoms with van der Waals surface area (Å²) >= 11 is 1.06. The maximum atomic E-state index is 12.9. The molecule has 4 heterocycles. The predicted molar refractivity (Wildman–Crippen MR) is 180 cm³/mol. The number of nitrogens with one attached hydrogen (secondary N) is 1. The second kappa shape index (κ2) is 13.7. The Labute approximate surface area is 275 Å². The quantitative estimate of drug-likeness (QED) is 0.148. The fourth-order valence-corrected chi connectivity index (χ4v) is 7.37. The zero-order chi connectivity index (χ0) is 33.1. The van der Waals surface area contributed by atoms with E-state index in [1.807, 2.05) is 30.3 Å². The summed E-state index contributed by atoms with van der Waals surface area (Å²) in [5, 5.41) is 15.1. The summed E-state index contributed by atoms with van der Waals surface area (Å²) in [4.78, 5) is 23.4. The van der Waals surface area contributed by atoms with Gasteiger partial charge in [-0.15, -0.1) is 11.3 Å². The molecule has 0 aliphatic carbocycles. The molecule has 1 fully saturated rings. The van der Waals surface area contributed by atoms with Crippen LogP contribution in [0.3, 0.4) is 0 Å². The molecule has 1 saturated heterocycles. The molecule has 0 unspecified atom stereocenters. The molecule has 0 bridgehead atoms. The van der Waals surface area contributed by atoms with Gasteiger partial charge in [-0.05, 0) is 72.7 Å². The van der Waals surface area contributed by atoms with Crippen molar-refractivity contribution in [2.24, 2.45) is 0 Å². The number of nitriles is 1. The fraction of sp³-hybridized carbons (Fsp3) is 0.333. The van der Waals surface area contributed by atoms with Gasteiger partial charge in [-0.2, -0.15) is 18.4 Å². The van der Waals surface area contributed by atoms with Crippen molar-refractivity contribution in [1.82, 2.24) is 19.4 Å². The molecule has 0 amide bonds. The predicted octanol–water partition coefficient (Wildman–Crippen LogP) is 7.55. The van der Waals surface area contributed by atoms with Gasteiger partial charge in [0, 0.05) is 54.4 Å². The van der Waals surface area contributed by atoms with Gasteiger partial charge in [0.1, 0.15) is 28.7 Å². The zero-order valence-electron chi connectivity index (χ0n) is 26.1. The third-order valence-corrected chi connectivity index (χ3v) is 9.95. The minimum atomic E-state index is -4.26. The van der Waals surface area contributed by atoms with Crippen molar-refractivity contribution in [2.75, 3.05) is 18.4 Å². The number of likely N-dealkylation sites (tertiary alicyclic amines) is 1. The van der Waals surface area contributed by atoms with E-state index in [0.29, 0.717) is 34.7 Å². The third kappa shape index (κ3) is 7.56. The van der Waals surface area contributed by atoms with Gasteiger partial charge in [-0.25, -0.2) is 9.97 Å². The van der Waals surface area contributed by atoms with Crippen LogP contribution < -0.4 is 5.32 Å². The van der Waals surface area contributed by atoms with E-state index >= 15 is 0 Å². The molecule has 0 saturated carbocycles. The Morgan fingerprint density at radius 3 is 2.55 bits per heavy atom. The summed E-state index contributed by atoms with van der Waals surface area (Å²) in [5.41, 5.74) is 6.17. The van der Waals surface area contributed by atoms with Gasteiger partial charge < -0.3 is 9.88 Å². The van der Waals surface area contributed by atoms with E-state index in [9.17, 15) is 23.2 Å². The Hall–Kier alpha value is -4.53. The normalized spacial score (nSPS) is 14.4. The van der Waals surface area contributed by atoms with Gasteiger partial charge >= 0.3 is 6.18 Å². The number of rotatable bonds is 11. The molecular formula is C36H35F3N6OS. The lowest BCUT2D eigenvalue weighted by Gasteiger charge is -2.33. The molecule has 242 valence electrons. The van der Waals surface area contributed by atoms with Crippen LogP contribution >= 0.6 is 11.3 Å². The second-order valence-electron chi connectivity index (χ2n) is 12.1. The SMILES string of the molecule is C=CC(=O)Cc1ccc(CCn2c(C#N)cc3c(C)c(CN4CCC(Nc5ncnc6sc(CC(F)(F)F)cc56)CC4)ccc32)cc1. The minimum Gasteiger partial charge on any atom is -0.367 e. The number of nitrogens with zero attached hydrogens (tertiary/aromatic N) is 5. The summed E-state index contributed by atoms with van der Waals surface area (Å²) in [5.74, 6) is 0.588. The van der Waals surface area contributed by atoms with E-state index in [1.54, 1.807) is 6.07 Å². The van der Waals surface area contributed by atoms with Crippen LogP contribution in [0.2, 0.25) is 0 Å². The van der Waals surface area contributed by atoms with Crippen molar-refractivity contribution >= 4 is 44.1 Å². The first-order chi connectivity index (χ1) is 22.6. The molecule has 5 aromatic rings. The molecule has 0 spiro atoms. The van der Waals surface area contributed by atoms with E-state index in [0.717, 1.165) is 72.3 Å². The van der Waals surface area contributed by atoms with E-state index in [-0.39, 0.29) is 16.7 Å². The number of anilines is 1. The summed E-state index contributed by atoms with van der Waals surface area (Å²) in [7, 11) is 0. The highest BCUT2D eigenvalue weighted by Crippen LogP contribution is 2.33. The van der Waals surface area contributed by atoms with Crippen molar-refractivity contribution in [3.05, 3.63) is 100 Å². The van der Waals surface area contributed by atoms with E-state index in [1.165, 1.54) is 23.5 Å². The highest BCUT2D eigenvalue weighted by atomic mass is 32.1. The first kappa shape index (κ1) is 32.4. The lowest BCUT2D eigenvalue weighted by Crippen LogP contribution is -2.39. The number of carbonyl (C=O) groups is 1. The number of halogens is 3. The lowest BCUT2D eigenvalue weighted by molar-refractivity contribution is -0.126. The number of carbonyl (C=O) groups excluding carboxylic acids is 1. The summed E-state index contributed by atoms with van der Waals surface area (Å²) < 4.78 is 40.9. The van der Waals surface area contributed by atoms with Gasteiger partial charge in [0.15, 0.2) is 5.78 Å². The Kier molecular flexibility index (Phi) is 9.43. The Morgan fingerprint density at radius 2 is 1.85 bits per heavy atom. The fourth-order valence-electron chi connectivity index (χ4n) is 6.34. The maximum Gasteiger partial charge on any atom is 0.393 e. The lowest BCUT2D eigenvalue weighted by atomic mass is 10.0. The topological polar surface area (TPSA) is 86.8 Å². The van der Waals surface area contributed by atoms with Crippen LogP contribution in [0.5, 0.6) is 0 Å². The van der Waals surface area contributed by atoms with Crippen molar-refractivity contribution in [2.45, 2.75) is 64.3 Å². The van der Waals surface area contributed by atoms with Gasteiger partial charge in [0.25, 0.3) is 0 Å². The van der Waals surface area contributed by atoms with Crippen molar-refractivity contribution in [3.8, 4) is 6.07 Å². The summed E-state index contributed by atoms with van der Waals surface area (Å²) in [6.07, 6.45) is 0.404. The number of hydrogen-bond donors (Lipinski definition) is 1. The van der Waals surface area contributed by atoms with Crippen LogP contribution in [0.1, 0.15) is 45.7 Å². The van der Waals surface area contributed by atoms with Crippen LogP contribution in [0, 0.1) is 18.3 Å². The average molecular weight is 657 g/mol. The summed E-state index contributed by atoms with van der Waals surface area (Å²) in [6, 6.07) is 18.4. The largest absolute Gasteiger partial charge is 0.393 e. The second-order valence-corrected chi connectivity index (χ2v) is 13.2. The minimum absolute atomic E-state index is 0.00354.